The van der Waals surface area contributed by atoms with Crippen LogP contribution in [0, 0.1) is 23.7 Å². The second-order valence-corrected chi connectivity index (χ2v) is 31.1. The highest BCUT2D eigenvalue weighted by Crippen LogP contribution is 2.45. The number of hydrogen-bond acceptors (Lipinski definition) is 15. The lowest BCUT2D eigenvalue weighted by atomic mass is 10.0. The Morgan fingerprint density at radius 1 is 0.272 bits per heavy atom. The van der Waals surface area contributed by atoms with Crippen molar-refractivity contribution in [2.24, 2.45) is 23.7 Å². The average molecular weight is 1350 g/mol. The predicted molar refractivity (Wildman–Crippen MR) is 372 cm³/mol. The molecule has 0 aromatic carbocycles. The van der Waals surface area contributed by atoms with Crippen molar-refractivity contribution in [3.63, 3.8) is 0 Å². The Morgan fingerprint density at radius 2 is 0.457 bits per heavy atom. The van der Waals surface area contributed by atoms with Crippen LogP contribution in [0.4, 0.5) is 0 Å². The monoisotopic (exact) mass is 1350 g/mol. The molecule has 3 N–H and O–H groups in total. The largest absolute Gasteiger partial charge is 0.472 e. The van der Waals surface area contributed by atoms with Gasteiger partial charge in [-0.15, -0.1) is 0 Å². The molecule has 0 aliphatic heterocycles. The Labute approximate surface area is 562 Å². The summed E-state index contributed by atoms with van der Waals surface area (Å²) in [5, 5.41) is 10.6. The van der Waals surface area contributed by atoms with Crippen LogP contribution in [-0.4, -0.2) is 96.7 Å². The van der Waals surface area contributed by atoms with E-state index in [0.717, 1.165) is 114 Å². The zero-order valence-corrected chi connectivity index (χ0v) is 62.0. The zero-order valence-electron chi connectivity index (χ0n) is 60.2. The van der Waals surface area contributed by atoms with E-state index >= 15 is 0 Å². The molecule has 0 aliphatic carbocycles. The van der Waals surface area contributed by atoms with Crippen LogP contribution in [0.5, 0.6) is 0 Å². The van der Waals surface area contributed by atoms with Gasteiger partial charge in [0.15, 0.2) is 12.2 Å². The van der Waals surface area contributed by atoms with Crippen LogP contribution in [0.15, 0.2) is 0 Å². The molecule has 0 radical (unpaired) electrons. The van der Waals surface area contributed by atoms with Crippen LogP contribution < -0.4 is 0 Å². The molecule has 17 nitrogen and oxygen atoms in total. The summed E-state index contributed by atoms with van der Waals surface area (Å²) in [6, 6.07) is 0. The molecule has 0 aliphatic rings. The minimum Gasteiger partial charge on any atom is -0.462 e. The van der Waals surface area contributed by atoms with E-state index in [1.807, 2.05) is 0 Å². The Kier molecular flexibility index (Phi) is 61.3. The van der Waals surface area contributed by atoms with Crippen molar-refractivity contribution in [2.45, 2.75) is 382 Å². The molecule has 0 bridgehead atoms. The summed E-state index contributed by atoms with van der Waals surface area (Å²) in [6.45, 7) is 14.1. The summed E-state index contributed by atoms with van der Waals surface area (Å²) in [5.74, 6) is 0.874. The van der Waals surface area contributed by atoms with E-state index in [9.17, 15) is 43.2 Å². The van der Waals surface area contributed by atoms with E-state index in [1.165, 1.54) is 167 Å². The number of phosphoric acid groups is 2. The summed E-state index contributed by atoms with van der Waals surface area (Å²) in [4.78, 5) is 72.7. The highest BCUT2D eigenvalue weighted by atomic mass is 31.2. The van der Waals surface area contributed by atoms with Gasteiger partial charge in [-0.05, 0) is 49.4 Å². The van der Waals surface area contributed by atoms with Gasteiger partial charge in [0.05, 0.1) is 26.4 Å². The molecule has 0 amide bonds. The number of aliphatic hydroxyl groups is 1. The average Bonchev–Trinajstić information content (AvgIpc) is 3.26. The maximum absolute atomic E-state index is 13.0. The van der Waals surface area contributed by atoms with Crippen LogP contribution in [0.3, 0.4) is 0 Å². The first-order valence-corrected chi connectivity index (χ1v) is 40.7. The van der Waals surface area contributed by atoms with Crippen molar-refractivity contribution in [1.82, 2.24) is 0 Å². The van der Waals surface area contributed by atoms with Crippen LogP contribution in [-0.2, 0) is 65.4 Å². The molecule has 19 heteroatoms. The van der Waals surface area contributed by atoms with E-state index in [0.29, 0.717) is 25.7 Å². The maximum Gasteiger partial charge on any atom is 0.472 e. The third kappa shape index (κ3) is 66.7. The molecule has 0 spiro atoms. The third-order valence-corrected chi connectivity index (χ3v) is 18.7. The lowest BCUT2D eigenvalue weighted by Gasteiger charge is -2.21. The van der Waals surface area contributed by atoms with E-state index in [4.69, 9.17) is 37.0 Å². The van der Waals surface area contributed by atoms with E-state index in [-0.39, 0.29) is 25.7 Å². The molecule has 546 valence electrons. The van der Waals surface area contributed by atoms with Gasteiger partial charge in [-0.1, -0.05) is 312 Å². The van der Waals surface area contributed by atoms with Crippen LogP contribution in [0.25, 0.3) is 0 Å². The lowest BCUT2D eigenvalue weighted by Crippen LogP contribution is -2.30. The summed E-state index contributed by atoms with van der Waals surface area (Å²) >= 11 is 0. The van der Waals surface area contributed by atoms with Crippen molar-refractivity contribution >= 4 is 39.5 Å². The minimum atomic E-state index is -4.95. The first-order chi connectivity index (χ1) is 44.1. The number of hydrogen-bond donors (Lipinski definition) is 3. The predicted octanol–water partition coefficient (Wildman–Crippen LogP) is 20.9. The number of aliphatic hydroxyl groups excluding tert-OH is 1. The van der Waals surface area contributed by atoms with E-state index in [1.54, 1.807) is 0 Å². The van der Waals surface area contributed by atoms with Gasteiger partial charge in [0.1, 0.15) is 19.3 Å². The van der Waals surface area contributed by atoms with Crippen molar-refractivity contribution in [3.05, 3.63) is 0 Å². The summed E-state index contributed by atoms with van der Waals surface area (Å²) in [6.07, 6.45) is 45.9. The molecule has 92 heavy (non-hydrogen) atoms. The lowest BCUT2D eigenvalue weighted by molar-refractivity contribution is -0.161. The molecular formula is C73H142O17P2. The van der Waals surface area contributed by atoms with E-state index in [2.05, 4.69) is 55.4 Å². The molecule has 0 fully saturated rings. The van der Waals surface area contributed by atoms with Gasteiger partial charge in [0.2, 0.25) is 0 Å². The standard InChI is InChI=1S/C73H142O17P2/c1-63(2)49-41-33-25-17-13-11-9-10-12-14-19-31-39-47-55-72(77)89-68(59-83-70(75)53-45-37-29-23-21-27-35-43-51-65(5)6)61-87-91(79,80)85-57-67(74)58-86-92(81,82)88-62-69(60-84-71(76)54-46-38-30-24-22-28-36-44-52-66(7)8)90-73(78)56-48-40-32-20-16-15-18-26-34-42-50-64(3)4/h63-69,74H,9-62H2,1-8H3,(H,79,80)(H,81,82)/t67?,68-,69-/m1/s1. The number of phosphoric ester groups is 2. The highest BCUT2D eigenvalue weighted by Gasteiger charge is 2.30. The number of unbranched alkanes of at least 4 members (excludes halogenated alkanes) is 36. The maximum atomic E-state index is 13.0. The van der Waals surface area contributed by atoms with Crippen LogP contribution in [0.1, 0.15) is 364 Å². The van der Waals surface area contributed by atoms with Crippen molar-refractivity contribution in [3.8, 4) is 0 Å². The van der Waals surface area contributed by atoms with Crippen molar-refractivity contribution in [1.29, 1.82) is 0 Å². The van der Waals surface area contributed by atoms with Gasteiger partial charge in [0.25, 0.3) is 0 Å². The fourth-order valence-electron chi connectivity index (χ4n) is 11.0. The highest BCUT2D eigenvalue weighted by molar-refractivity contribution is 7.47. The number of ether oxygens (including phenoxy) is 4. The summed E-state index contributed by atoms with van der Waals surface area (Å²) in [5.41, 5.74) is 0. The van der Waals surface area contributed by atoms with Crippen LogP contribution >= 0.6 is 15.6 Å². The first-order valence-electron chi connectivity index (χ1n) is 37.7. The molecule has 0 heterocycles. The fraction of sp³-hybridized carbons (Fsp3) is 0.945. The Bertz CT molecular complexity index is 1820. The molecule has 0 aromatic heterocycles. The van der Waals surface area contributed by atoms with Gasteiger partial charge in [0, 0.05) is 25.7 Å². The Hall–Kier alpha value is -1.94. The number of esters is 4. The molecule has 0 aromatic rings. The fourth-order valence-corrected chi connectivity index (χ4v) is 12.6. The first kappa shape index (κ1) is 90.1. The summed E-state index contributed by atoms with van der Waals surface area (Å²) in [7, 11) is -9.91. The topological polar surface area (TPSA) is 237 Å². The zero-order chi connectivity index (χ0) is 68.2. The van der Waals surface area contributed by atoms with Gasteiger partial charge in [-0.3, -0.25) is 37.3 Å². The number of rotatable bonds is 70. The molecule has 0 saturated heterocycles. The van der Waals surface area contributed by atoms with Gasteiger partial charge >= 0.3 is 39.5 Å². The molecular weight excluding hydrogens is 1210 g/mol. The quantitative estimate of drug-likeness (QED) is 0.0222. The second kappa shape index (κ2) is 62.6. The van der Waals surface area contributed by atoms with Gasteiger partial charge in [-0.25, -0.2) is 9.13 Å². The molecule has 3 unspecified atom stereocenters. The van der Waals surface area contributed by atoms with Gasteiger partial charge in [-0.2, -0.15) is 0 Å². The molecule has 5 atom stereocenters. The third-order valence-electron chi connectivity index (χ3n) is 16.8. The Morgan fingerprint density at radius 3 is 0.674 bits per heavy atom. The second-order valence-electron chi connectivity index (χ2n) is 28.2. The molecule has 0 rings (SSSR count). The SMILES string of the molecule is CC(C)CCCCCCCCCCCCCCCCC(=O)O[C@H](COC(=O)CCCCCCCCCCC(C)C)COP(=O)(O)OCC(O)COP(=O)(O)OC[C@@H](COC(=O)CCCCCCCCCCC(C)C)OC(=O)CCCCCCCCCCCCC(C)C. The van der Waals surface area contributed by atoms with Crippen molar-refractivity contribution in [2.75, 3.05) is 39.6 Å². The summed E-state index contributed by atoms with van der Waals surface area (Å²) < 4.78 is 68.4. The molecule has 0 saturated carbocycles. The van der Waals surface area contributed by atoms with Gasteiger partial charge < -0.3 is 33.8 Å². The normalized spacial score (nSPS) is 14.2. The number of carbonyl (C=O) groups is 4. The van der Waals surface area contributed by atoms with Crippen LogP contribution in [0.2, 0.25) is 0 Å². The van der Waals surface area contributed by atoms with Crippen molar-refractivity contribution < 1.29 is 80.2 Å². The Balaban J connectivity index is 5.25. The smallest absolute Gasteiger partial charge is 0.462 e. The minimum absolute atomic E-state index is 0.105. The number of carbonyl (C=O) groups excluding carboxylic acids is 4. The van der Waals surface area contributed by atoms with E-state index < -0.39 is 97.5 Å².